The predicted octanol–water partition coefficient (Wildman–Crippen LogP) is 2.51. The number of benzene rings is 1. The summed E-state index contributed by atoms with van der Waals surface area (Å²) in [6.07, 6.45) is 5.30. The summed E-state index contributed by atoms with van der Waals surface area (Å²) in [5.74, 6) is 2.03. The smallest absolute Gasteiger partial charge is 0.247 e. The molecule has 2 amide bonds. The van der Waals surface area contributed by atoms with E-state index in [9.17, 15) is 14.7 Å². The van der Waals surface area contributed by atoms with E-state index in [-0.39, 0.29) is 31.4 Å². The van der Waals surface area contributed by atoms with Crippen molar-refractivity contribution in [2.24, 2.45) is 17.8 Å². The summed E-state index contributed by atoms with van der Waals surface area (Å²) in [4.78, 5) is 28.3. The fraction of sp³-hybridized carbons (Fsp3) is 0.630. The van der Waals surface area contributed by atoms with Gasteiger partial charge in [-0.2, -0.15) is 0 Å². The maximum absolute atomic E-state index is 13.7. The maximum atomic E-state index is 13.7. The molecular formula is C27H37IN2O6. The first-order valence-electron chi connectivity index (χ1n) is 12.9. The molecule has 3 aliphatic carbocycles. The minimum absolute atomic E-state index is 0.00120. The highest BCUT2D eigenvalue weighted by Gasteiger charge is 2.44. The number of amides is 2. The molecule has 0 radical (unpaired) electrons. The summed E-state index contributed by atoms with van der Waals surface area (Å²) in [6.45, 7) is 0.625. The van der Waals surface area contributed by atoms with Crippen molar-refractivity contribution in [1.82, 2.24) is 10.2 Å². The monoisotopic (exact) mass is 612 g/mol. The van der Waals surface area contributed by atoms with Crippen molar-refractivity contribution in [3.05, 3.63) is 39.5 Å². The van der Waals surface area contributed by atoms with Gasteiger partial charge in [0.2, 0.25) is 11.8 Å². The normalized spacial score (nSPS) is 29.1. The summed E-state index contributed by atoms with van der Waals surface area (Å²) in [6, 6.07) is 6.86. The van der Waals surface area contributed by atoms with E-state index in [1.807, 2.05) is 24.3 Å². The van der Waals surface area contributed by atoms with Crippen LogP contribution in [0.2, 0.25) is 0 Å². The van der Waals surface area contributed by atoms with E-state index in [1.54, 1.807) is 18.1 Å². The highest BCUT2D eigenvalue weighted by Crippen LogP contribution is 2.49. The lowest BCUT2D eigenvalue weighted by atomic mass is 9.84. The Hall–Kier alpha value is -1.69. The number of aliphatic hydroxyl groups excluding tert-OH is 2. The van der Waals surface area contributed by atoms with Gasteiger partial charge in [-0.3, -0.25) is 9.59 Å². The van der Waals surface area contributed by atoms with Gasteiger partial charge in [0.05, 0.1) is 22.8 Å². The standard InChI is InChI=1S/C27H37IN2O6/c1-35-11-9-30(25(32)16-19-13-17-6-7-18(19)12-17)22-14-20(27(34)29-8-10-31)15-24(26(22)33)36-23-5-3-2-4-21(23)28/h2-5,15,17-19,22,24,26,31,33H,6-14,16H2,1H3,(H,29,34). The summed E-state index contributed by atoms with van der Waals surface area (Å²) in [5, 5.41) is 23.3. The number of nitrogens with zero attached hydrogens (tertiary/aromatic N) is 1. The Labute approximate surface area is 226 Å². The van der Waals surface area contributed by atoms with Crippen molar-refractivity contribution in [1.29, 1.82) is 0 Å². The van der Waals surface area contributed by atoms with Crippen molar-refractivity contribution in [3.8, 4) is 5.75 Å². The Morgan fingerprint density at radius 1 is 1.22 bits per heavy atom. The van der Waals surface area contributed by atoms with Gasteiger partial charge < -0.3 is 29.9 Å². The SMILES string of the molecule is COCCN(C(=O)CC1CC2CCC1C2)C1CC(C(=O)NCCO)=CC(Oc2ccccc2I)C1O. The number of nitrogens with one attached hydrogen (secondary N) is 1. The molecule has 6 atom stereocenters. The van der Waals surface area contributed by atoms with Crippen LogP contribution in [0.4, 0.5) is 0 Å². The van der Waals surface area contributed by atoms with Gasteiger partial charge in [0, 0.05) is 38.6 Å². The third-order valence-corrected chi connectivity index (χ3v) is 8.78. The summed E-state index contributed by atoms with van der Waals surface area (Å²) in [7, 11) is 1.59. The first-order chi connectivity index (χ1) is 17.4. The molecule has 3 aliphatic rings. The van der Waals surface area contributed by atoms with E-state index in [2.05, 4.69) is 27.9 Å². The number of carbonyl (C=O) groups excluding carboxylic acids is 2. The number of carbonyl (C=O) groups is 2. The molecule has 4 rings (SSSR count). The first kappa shape index (κ1) is 27.3. The van der Waals surface area contributed by atoms with Crippen LogP contribution in [0.25, 0.3) is 0 Å². The molecule has 36 heavy (non-hydrogen) atoms. The molecule has 1 aromatic carbocycles. The number of ether oxygens (including phenoxy) is 2. The van der Waals surface area contributed by atoms with E-state index in [0.717, 1.165) is 15.9 Å². The van der Waals surface area contributed by atoms with Crippen molar-refractivity contribution in [3.63, 3.8) is 0 Å². The number of halogens is 1. The number of hydrogen-bond donors (Lipinski definition) is 3. The average molecular weight is 613 g/mol. The molecule has 9 heteroatoms. The van der Waals surface area contributed by atoms with Crippen LogP contribution in [0.1, 0.15) is 38.5 Å². The summed E-state index contributed by atoms with van der Waals surface area (Å²) >= 11 is 2.17. The van der Waals surface area contributed by atoms with Gasteiger partial charge in [-0.05, 0) is 77.8 Å². The largest absolute Gasteiger partial charge is 0.482 e. The predicted molar refractivity (Wildman–Crippen MR) is 143 cm³/mol. The molecule has 3 N–H and O–H groups in total. The van der Waals surface area contributed by atoms with Gasteiger partial charge in [-0.1, -0.05) is 18.6 Å². The zero-order valence-electron chi connectivity index (χ0n) is 20.8. The number of para-hydroxylation sites is 1. The molecule has 6 unspecified atom stereocenters. The number of aliphatic hydroxyl groups is 2. The molecular weight excluding hydrogens is 575 g/mol. The Bertz CT molecular complexity index is 956. The van der Waals surface area contributed by atoms with Gasteiger partial charge in [-0.25, -0.2) is 0 Å². The van der Waals surface area contributed by atoms with Crippen molar-refractivity contribution in [2.75, 3.05) is 33.4 Å². The molecule has 0 heterocycles. The molecule has 2 saturated carbocycles. The quantitative estimate of drug-likeness (QED) is 0.332. The van der Waals surface area contributed by atoms with Crippen molar-refractivity contribution < 1.29 is 29.3 Å². The van der Waals surface area contributed by atoms with Crippen molar-refractivity contribution in [2.45, 2.75) is 56.8 Å². The molecule has 198 valence electrons. The Balaban J connectivity index is 1.57. The first-order valence-corrected chi connectivity index (χ1v) is 14.0. The zero-order valence-corrected chi connectivity index (χ0v) is 22.9. The highest BCUT2D eigenvalue weighted by molar-refractivity contribution is 14.1. The third kappa shape index (κ3) is 6.41. The second kappa shape index (κ2) is 12.7. The van der Waals surface area contributed by atoms with Gasteiger partial charge in [-0.15, -0.1) is 0 Å². The van der Waals surface area contributed by atoms with Crippen LogP contribution in [0.3, 0.4) is 0 Å². The number of rotatable bonds is 11. The maximum Gasteiger partial charge on any atom is 0.247 e. The molecule has 2 bridgehead atoms. The lowest BCUT2D eigenvalue weighted by Gasteiger charge is -2.41. The Kier molecular flexibility index (Phi) is 9.65. The van der Waals surface area contributed by atoms with Gasteiger partial charge in [0.1, 0.15) is 18.0 Å². The number of hydrogen-bond acceptors (Lipinski definition) is 6. The summed E-state index contributed by atoms with van der Waals surface area (Å²) in [5.41, 5.74) is 0.435. The van der Waals surface area contributed by atoms with Crippen LogP contribution >= 0.6 is 22.6 Å². The molecule has 8 nitrogen and oxygen atoms in total. The van der Waals surface area contributed by atoms with Crippen LogP contribution in [-0.4, -0.2) is 78.6 Å². The fourth-order valence-corrected chi connectivity index (χ4v) is 6.61. The number of methoxy groups -OCH3 is 1. The Morgan fingerprint density at radius 2 is 2.03 bits per heavy atom. The second-order valence-electron chi connectivity index (χ2n) is 10.2. The van der Waals surface area contributed by atoms with Gasteiger partial charge in [0.25, 0.3) is 0 Å². The summed E-state index contributed by atoms with van der Waals surface area (Å²) < 4.78 is 12.4. The minimum Gasteiger partial charge on any atom is -0.482 e. The topological polar surface area (TPSA) is 108 Å². The molecule has 0 aliphatic heterocycles. The molecule has 1 aromatic rings. The zero-order chi connectivity index (χ0) is 25.7. The van der Waals surface area contributed by atoms with Crippen LogP contribution in [-0.2, 0) is 14.3 Å². The van der Waals surface area contributed by atoms with Crippen LogP contribution < -0.4 is 10.1 Å². The molecule has 2 fully saturated rings. The third-order valence-electron chi connectivity index (χ3n) is 7.89. The van der Waals surface area contributed by atoms with E-state index in [1.165, 1.54) is 19.3 Å². The van der Waals surface area contributed by atoms with Crippen LogP contribution in [0.5, 0.6) is 5.75 Å². The average Bonchev–Trinajstić information content (AvgIpc) is 3.49. The van der Waals surface area contributed by atoms with Crippen LogP contribution in [0, 0.1) is 21.3 Å². The lowest BCUT2D eigenvalue weighted by Crippen LogP contribution is -2.56. The van der Waals surface area contributed by atoms with Crippen LogP contribution in [0.15, 0.2) is 35.9 Å². The molecule has 0 saturated heterocycles. The van der Waals surface area contributed by atoms with Gasteiger partial charge >= 0.3 is 0 Å². The minimum atomic E-state index is -1.02. The molecule has 0 aromatic heterocycles. The van der Waals surface area contributed by atoms with E-state index in [4.69, 9.17) is 14.6 Å². The van der Waals surface area contributed by atoms with E-state index in [0.29, 0.717) is 42.7 Å². The number of fused-ring (bicyclic) bond motifs is 2. The van der Waals surface area contributed by atoms with Gasteiger partial charge in [0.15, 0.2) is 0 Å². The second-order valence-corrected chi connectivity index (χ2v) is 11.3. The Morgan fingerprint density at radius 3 is 2.69 bits per heavy atom. The fourth-order valence-electron chi connectivity index (χ4n) is 6.10. The van der Waals surface area contributed by atoms with Crippen molar-refractivity contribution >= 4 is 34.4 Å². The molecule has 0 spiro atoms. The van der Waals surface area contributed by atoms with E-state index >= 15 is 0 Å². The lowest BCUT2D eigenvalue weighted by molar-refractivity contribution is -0.140. The van der Waals surface area contributed by atoms with E-state index < -0.39 is 18.2 Å². The highest BCUT2D eigenvalue weighted by atomic mass is 127.